The fourth-order valence-corrected chi connectivity index (χ4v) is 3.00. The number of anilines is 2. The van der Waals surface area contributed by atoms with Gasteiger partial charge in [-0.15, -0.1) is 0 Å². The van der Waals surface area contributed by atoms with E-state index in [-0.39, 0.29) is 17.0 Å². The van der Waals surface area contributed by atoms with Crippen molar-refractivity contribution in [3.05, 3.63) is 82.2 Å². The third-order valence-corrected chi connectivity index (χ3v) is 4.60. The molecule has 4 N–H and O–H groups in total. The number of benzene rings is 2. The van der Waals surface area contributed by atoms with Crippen LogP contribution in [0.25, 0.3) is 11.0 Å². The molecule has 2 aromatic carbocycles. The van der Waals surface area contributed by atoms with E-state index in [2.05, 4.69) is 20.6 Å². The highest BCUT2D eigenvalue weighted by molar-refractivity contribution is 6.03. The van der Waals surface area contributed by atoms with Crippen molar-refractivity contribution in [2.24, 2.45) is 0 Å². The Labute approximate surface area is 180 Å². The van der Waals surface area contributed by atoms with E-state index >= 15 is 0 Å². The molecule has 0 atom stereocenters. The van der Waals surface area contributed by atoms with Crippen molar-refractivity contribution in [2.75, 3.05) is 17.2 Å². The molecule has 0 aliphatic rings. The summed E-state index contributed by atoms with van der Waals surface area (Å²) < 4.78 is 10.1. The third kappa shape index (κ3) is 4.59. The first-order valence-electron chi connectivity index (χ1n) is 9.53. The van der Waals surface area contributed by atoms with E-state index in [4.69, 9.17) is 9.15 Å². The summed E-state index contributed by atoms with van der Waals surface area (Å²) in [5, 5.41) is 5.27. The van der Waals surface area contributed by atoms with Crippen molar-refractivity contribution in [3.8, 4) is 0 Å². The van der Waals surface area contributed by atoms with Crippen LogP contribution in [0.15, 0.2) is 64.0 Å². The average Bonchev–Trinajstić information content (AvgIpc) is 3.42. The van der Waals surface area contributed by atoms with E-state index in [0.29, 0.717) is 22.4 Å². The minimum atomic E-state index is -0.723. The van der Waals surface area contributed by atoms with Crippen LogP contribution in [0, 0.1) is 6.92 Å². The van der Waals surface area contributed by atoms with E-state index in [1.165, 1.54) is 24.5 Å². The predicted octanol–water partition coefficient (Wildman–Crippen LogP) is 2.81. The molecule has 0 aliphatic carbocycles. The van der Waals surface area contributed by atoms with Gasteiger partial charge in [-0.05, 0) is 55.0 Å². The lowest BCUT2D eigenvalue weighted by atomic mass is 10.1. The number of nitrogens with one attached hydrogen (secondary N) is 4. The lowest BCUT2D eigenvalue weighted by Gasteiger charge is -2.10. The molecule has 4 aromatic rings. The maximum absolute atomic E-state index is 12.4. The molecular formula is C22H18N4O6. The maximum atomic E-state index is 12.4. The second kappa shape index (κ2) is 8.64. The summed E-state index contributed by atoms with van der Waals surface area (Å²) in [7, 11) is 0. The van der Waals surface area contributed by atoms with Gasteiger partial charge >= 0.3 is 11.7 Å². The summed E-state index contributed by atoms with van der Waals surface area (Å²) in [5.41, 5.74) is 2.55. The zero-order valence-electron chi connectivity index (χ0n) is 16.9. The number of rotatable bonds is 6. The molecule has 0 aliphatic heterocycles. The van der Waals surface area contributed by atoms with Gasteiger partial charge in [0.05, 0.1) is 22.9 Å². The molecule has 0 fully saturated rings. The fourth-order valence-electron chi connectivity index (χ4n) is 3.00. The van der Waals surface area contributed by atoms with Crippen molar-refractivity contribution in [1.29, 1.82) is 0 Å². The summed E-state index contributed by atoms with van der Waals surface area (Å²) in [5.74, 6) is -1.59. The third-order valence-electron chi connectivity index (χ3n) is 4.60. The summed E-state index contributed by atoms with van der Waals surface area (Å²) in [6, 6.07) is 12.6. The van der Waals surface area contributed by atoms with Crippen molar-refractivity contribution < 1.29 is 23.5 Å². The van der Waals surface area contributed by atoms with Crippen LogP contribution in [0.1, 0.15) is 26.5 Å². The number of hydrogen-bond donors (Lipinski definition) is 4. The first kappa shape index (κ1) is 20.7. The smallest absolute Gasteiger partial charge is 0.338 e. The van der Waals surface area contributed by atoms with E-state index < -0.39 is 24.4 Å². The maximum Gasteiger partial charge on any atom is 0.338 e. The van der Waals surface area contributed by atoms with Crippen LogP contribution in [0.5, 0.6) is 0 Å². The number of aromatic nitrogens is 2. The first-order valence-corrected chi connectivity index (χ1v) is 9.53. The van der Waals surface area contributed by atoms with Gasteiger partial charge in [-0.1, -0.05) is 6.07 Å². The monoisotopic (exact) mass is 434 g/mol. The molecular weight excluding hydrogens is 416 g/mol. The largest absolute Gasteiger partial charge is 0.459 e. The van der Waals surface area contributed by atoms with Gasteiger partial charge in [0.2, 0.25) is 0 Å². The quantitative estimate of drug-likeness (QED) is 0.343. The molecule has 10 heteroatoms. The van der Waals surface area contributed by atoms with Crippen LogP contribution in [0.2, 0.25) is 0 Å². The molecule has 0 unspecified atom stereocenters. The van der Waals surface area contributed by atoms with Crippen molar-refractivity contribution in [1.82, 2.24) is 9.97 Å². The number of aromatic amines is 2. The second-order valence-corrected chi connectivity index (χ2v) is 6.92. The van der Waals surface area contributed by atoms with Gasteiger partial charge in [-0.2, -0.15) is 0 Å². The lowest BCUT2D eigenvalue weighted by molar-refractivity contribution is -0.119. The topological polar surface area (TPSA) is 146 Å². The highest BCUT2D eigenvalue weighted by atomic mass is 16.5. The standard InChI is InChI=1S/C22H18N4O6/c1-12-4-5-13(9-16(12)24-20(28)18-3-2-8-31-18)21(29)32-11-19(27)23-14-6-7-15-17(10-14)26-22(30)25-15/h2-10H,11H2,1H3,(H,23,27)(H,24,28)(H2,25,26,30). The number of carbonyl (C=O) groups excluding carboxylic acids is 3. The summed E-state index contributed by atoms with van der Waals surface area (Å²) >= 11 is 0. The van der Waals surface area contributed by atoms with Gasteiger partial charge in [0.25, 0.3) is 11.8 Å². The van der Waals surface area contributed by atoms with Crippen LogP contribution in [0.3, 0.4) is 0 Å². The molecule has 2 aromatic heterocycles. The van der Waals surface area contributed by atoms with Crippen molar-refractivity contribution >= 4 is 40.2 Å². The number of fused-ring (bicyclic) bond motifs is 1. The van der Waals surface area contributed by atoms with Crippen LogP contribution in [-0.2, 0) is 9.53 Å². The molecule has 0 saturated heterocycles. The second-order valence-electron chi connectivity index (χ2n) is 6.92. The molecule has 10 nitrogen and oxygen atoms in total. The number of furan rings is 1. The molecule has 2 amide bonds. The lowest BCUT2D eigenvalue weighted by Crippen LogP contribution is -2.21. The van der Waals surface area contributed by atoms with Crippen LogP contribution >= 0.6 is 0 Å². The number of aryl methyl sites for hydroxylation is 1. The molecule has 4 rings (SSSR count). The zero-order chi connectivity index (χ0) is 22.7. The number of hydrogen-bond acceptors (Lipinski definition) is 6. The minimum absolute atomic E-state index is 0.135. The van der Waals surface area contributed by atoms with Crippen molar-refractivity contribution in [2.45, 2.75) is 6.92 Å². The molecule has 0 spiro atoms. The van der Waals surface area contributed by atoms with Gasteiger partial charge in [0.1, 0.15) is 0 Å². The Morgan fingerprint density at radius 3 is 2.59 bits per heavy atom. The fraction of sp³-hybridized carbons (Fsp3) is 0.0909. The summed E-state index contributed by atoms with van der Waals surface area (Å²) in [6.45, 7) is 1.26. The number of carbonyl (C=O) groups is 3. The number of esters is 1. The minimum Gasteiger partial charge on any atom is -0.459 e. The van der Waals surface area contributed by atoms with E-state index in [1.807, 2.05) is 0 Å². The van der Waals surface area contributed by atoms with Crippen LogP contribution in [-0.4, -0.2) is 34.4 Å². The normalized spacial score (nSPS) is 10.7. The molecule has 0 radical (unpaired) electrons. The van der Waals surface area contributed by atoms with Gasteiger partial charge in [-0.25, -0.2) is 9.59 Å². The average molecular weight is 434 g/mol. The number of H-pyrrole nitrogens is 2. The SMILES string of the molecule is Cc1ccc(C(=O)OCC(=O)Nc2ccc3[nH]c(=O)[nH]c3c2)cc1NC(=O)c1ccco1. The predicted molar refractivity (Wildman–Crippen MR) is 116 cm³/mol. The molecule has 2 heterocycles. The Hall–Kier alpha value is -4.60. The molecule has 0 bridgehead atoms. The van der Waals surface area contributed by atoms with E-state index in [0.717, 1.165) is 5.56 Å². The Kier molecular flexibility index (Phi) is 5.58. The molecule has 32 heavy (non-hydrogen) atoms. The molecule has 162 valence electrons. The number of amides is 2. The Morgan fingerprint density at radius 1 is 1.00 bits per heavy atom. The van der Waals surface area contributed by atoms with Crippen molar-refractivity contribution in [3.63, 3.8) is 0 Å². The first-order chi connectivity index (χ1) is 15.4. The Balaban J connectivity index is 1.37. The van der Waals surface area contributed by atoms with Crippen LogP contribution < -0.4 is 16.3 Å². The van der Waals surface area contributed by atoms with Gasteiger partial charge in [0.15, 0.2) is 12.4 Å². The van der Waals surface area contributed by atoms with Gasteiger partial charge in [0, 0.05) is 11.4 Å². The van der Waals surface area contributed by atoms with E-state index in [9.17, 15) is 19.2 Å². The Bertz CT molecular complexity index is 1370. The van der Waals surface area contributed by atoms with Gasteiger partial charge in [-0.3, -0.25) is 9.59 Å². The highest BCUT2D eigenvalue weighted by Gasteiger charge is 2.15. The summed E-state index contributed by atoms with van der Waals surface area (Å²) in [6.07, 6.45) is 1.39. The molecule has 0 saturated carbocycles. The number of ether oxygens (including phenoxy) is 1. The van der Waals surface area contributed by atoms with Gasteiger partial charge < -0.3 is 29.8 Å². The Morgan fingerprint density at radius 2 is 1.81 bits per heavy atom. The van der Waals surface area contributed by atoms with E-state index in [1.54, 1.807) is 37.3 Å². The highest BCUT2D eigenvalue weighted by Crippen LogP contribution is 2.19. The zero-order valence-corrected chi connectivity index (χ0v) is 16.9. The summed E-state index contributed by atoms with van der Waals surface area (Å²) in [4.78, 5) is 53.2. The van der Waals surface area contributed by atoms with Crippen LogP contribution in [0.4, 0.5) is 11.4 Å². The number of imidazole rings is 1.